The van der Waals surface area contributed by atoms with Crippen LogP contribution >= 0.6 is 0 Å². The maximum Gasteiger partial charge on any atom is 0.313 e. The van der Waals surface area contributed by atoms with E-state index in [0.717, 1.165) is 11.3 Å². The molecule has 0 unspecified atom stereocenters. The largest absolute Gasteiger partial charge is 0.497 e. The molecule has 0 atom stereocenters. The molecule has 0 heterocycles. The number of ketones is 1. The predicted molar refractivity (Wildman–Crippen MR) is 88.9 cm³/mol. The van der Waals surface area contributed by atoms with Gasteiger partial charge in [-0.2, -0.15) is 0 Å². The Morgan fingerprint density at radius 2 is 1.71 bits per heavy atom. The molecule has 1 aromatic rings. The molecule has 0 N–H and O–H groups in total. The minimum Gasteiger partial charge on any atom is -0.497 e. The highest BCUT2D eigenvalue weighted by Crippen LogP contribution is 2.11. The number of hydrogen-bond acceptors (Lipinski definition) is 6. The molecule has 0 saturated heterocycles. The van der Waals surface area contributed by atoms with Crippen LogP contribution in [0, 0.1) is 0 Å². The Hall–Kier alpha value is -2.18. The molecule has 132 valence electrons. The standard InChI is InChI=1S/C18H24O6/c1-3-24-18(20)12-16(19)14-23-11-5-4-10-22-13-15-6-8-17(21-2)9-7-15/h4-9H,3,10-14H2,1-2H3/b5-4-. The number of esters is 1. The topological polar surface area (TPSA) is 71.1 Å². The number of carbonyl (C=O) groups is 2. The summed E-state index contributed by atoms with van der Waals surface area (Å²) < 4.78 is 20.4. The molecule has 0 aliphatic rings. The van der Waals surface area contributed by atoms with Gasteiger partial charge >= 0.3 is 5.97 Å². The molecule has 6 heteroatoms. The molecule has 0 aromatic heterocycles. The molecule has 0 aliphatic carbocycles. The smallest absolute Gasteiger partial charge is 0.313 e. The SMILES string of the molecule is CCOC(=O)CC(=O)COC/C=C\COCc1ccc(OC)cc1. The number of Topliss-reactive ketones (excluding diaryl/α,β-unsaturated/α-hetero) is 1. The van der Waals surface area contributed by atoms with Crippen LogP contribution in [0.25, 0.3) is 0 Å². The minimum absolute atomic E-state index is 0.101. The molecular weight excluding hydrogens is 312 g/mol. The second-order valence-corrected chi connectivity index (χ2v) is 4.87. The molecule has 0 bridgehead atoms. The van der Waals surface area contributed by atoms with Gasteiger partial charge in [0.15, 0.2) is 5.78 Å². The number of ether oxygens (including phenoxy) is 4. The highest BCUT2D eigenvalue weighted by Gasteiger charge is 2.09. The fourth-order valence-corrected chi connectivity index (χ4v) is 1.77. The summed E-state index contributed by atoms with van der Waals surface area (Å²) in [6.07, 6.45) is 3.34. The van der Waals surface area contributed by atoms with E-state index in [1.54, 1.807) is 20.1 Å². The average molecular weight is 336 g/mol. The van der Waals surface area contributed by atoms with Crippen LogP contribution in [0.1, 0.15) is 18.9 Å². The first-order chi connectivity index (χ1) is 11.7. The lowest BCUT2D eigenvalue weighted by molar-refractivity contribution is -0.146. The predicted octanol–water partition coefficient (Wildman–Crippen LogP) is 2.31. The zero-order chi connectivity index (χ0) is 17.6. The first-order valence-electron chi connectivity index (χ1n) is 7.76. The van der Waals surface area contributed by atoms with Crippen molar-refractivity contribution in [1.82, 2.24) is 0 Å². The number of methoxy groups -OCH3 is 1. The Kier molecular flexibility index (Phi) is 10.2. The van der Waals surface area contributed by atoms with Crippen LogP contribution in [0.15, 0.2) is 36.4 Å². The van der Waals surface area contributed by atoms with Gasteiger partial charge in [0.1, 0.15) is 18.8 Å². The van der Waals surface area contributed by atoms with Gasteiger partial charge in [-0.1, -0.05) is 24.3 Å². The van der Waals surface area contributed by atoms with E-state index in [1.807, 2.05) is 30.3 Å². The molecule has 6 nitrogen and oxygen atoms in total. The number of carbonyl (C=O) groups excluding carboxylic acids is 2. The number of rotatable bonds is 12. The maximum atomic E-state index is 11.4. The van der Waals surface area contributed by atoms with Gasteiger partial charge in [0.2, 0.25) is 0 Å². The first-order valence-corrected chi connectivity index (χ1v) is 7.76. The van der Waals surface area contributed by atoms with Gasteiger partial charge in [-0.3, -0.25) is 9.59 Å². The molecule has 0 aliphatic heterocycles. The highest BCUT2D eigenvalue weighted by atomic mass is 16.5. The lowest BCUT2D eigenvalue weighted by Crippen LogP contribution is -2.15. The van der Waals surface area contributed by atoms with E-state index in [-0.39, 0.29) is 25.4 Å². The van der Waals surface area contributed by atoms with Crippen molar-refractivity contribution in [2.45, 2.75) is 20.0 Å². The Balaban J connectivity index is 2.05. The summed E-state index contributed by atoms with van der Waals surface area (Å²) in [4.78, 5) is 22.5. The maximum absolute atomic E-state index is 11.4. The van der Waals surface area contributed by atoms with E-state index in [0.29, 0.717) is 19.8 Å². The monoisotopic (exact) mass is 336 g/mol. The van der Waals surface area contributed by atoms with Crippen molar-refractivity contribution >= 4 is 11.8 Å². The van der Waals surface area contributed by atoms with Crippen LogP contribution in [-0.2, 0) is 30.4 Å². The van der Waals surface area contributed by atoms with Gasteiger partial charge in [0.25, 0.3) is 0 Å². The summed E-state index contributed by atoms with van der Waals surface area (Å²) >= 11 is 0. The molecule has 1 rings (SSSR count). The van der Waals surface area contributed by atoms with Crippen molar-refractivity contribution in [2.75, 3.05) is 33.5 Å². The van der Waals surface area contributed by atoms with Crippen molar-refractivity contribution in [2.24, 2.45) is 0 Å². The van der Waals surface area contributed by atoms with Gasteiger partial charge in [-0.05, 0) is 24.6 Å². The molecule has 0 amide bonds. The third-order valence-corrected chi connectivity index (χ3v) is 2.93. The van der Waals surface area contributed by atoms with E-state index in [4.69, 9.17) is 14.2 Å². The van der Waals surface area contributed by atoms with E-state index < -0.39 is 5.97 Å². The minimum atomic E-state index is -0.520. The molecule has 0 saturated carbocycles. The van der Waals surface area contributed by atoms with Crippen LogP contribution in [0.5, 0.6) is 5.75 Å². The summed E-state index contributed by atoms with van der Waals surface area (Å²) in [5, 5.41) is 0. The third-order valence-electron chi connectivity index (χ3n) is 2.93. The average Bonchev–Trinajstić information content (AvgIpc) is 2.58. The highest BCUT2D eigenvalue weighted by molar-refractivity contribution is 5.96. The Bertz CT molecular complexity index is 521. The van der Waals surface area contributed by atoms with Crippen LogP contribution in [0.2, 0.25) is 0 Å². The van der Waals surface area contributed by atoms with Crippen molar-refractivity contribution in [3.05, 3.63) is 42.0 Å². The molecule has 0 spiro atoms. The van der Waals surface area contributed by atoms with Gasteiger partial charge in [-0.15, -0.1) is 0 Å². The quantitative estimate of drug-likeness (QED) is 0.252. The van der Waals surface area contributed by atoms with E-state index >= 15 is 0 Å². The van der Waals surface area contributed by atoms with Crippen molar-refractivity contribution in [3.63, 3.8) is 0 Å². The Morgan fingerprint density at radius 1 is 1.04 bits per heavy atom. The van der Waals surface area contributed by atoms with E-state index in [9.17, 15) is 9.59 Å². The lowest BCUT2D eigenvalue weighted by atomic mass is 10.2. The van der Waals surface area contributed by atoms with Crippen LogP contribution in [0.3, 0.4) is 0 Å². The van der Waals surface area contributed by atoms with Gasteiger partial charge in [0, 0.05) is 0 Å². The van der Waals surface area contributed by atoms with Crippen LogP contribution in [0.4, 0.5) is 0 Å². The molecule has 0 radical (unpaired) electrons. The van der Waals surface area contributed by atoms with Gasteiger partial charge in [-0.25, -0.2) is 0 Å². The molecule has 24 heavy (non-hydrogen) atoms. The Morgan fingerprint density at radius 3 is 2.33 bits per heavy atom. The zero-order valence-corrected chi connectivity index (χ0v) is 14.2. The van der Waals surface area contributed by atoms with Crippen molar-refractivity contribution in [3.8, 4) is 5.75 Å². The summed E-state index contributed by atoms with van der Waals surface area (Å²) in [5.74, 6) is -0.000483. The van der Waals surface area contributed by atoms with Crippen molar-refractivity contribution < 1.29 is 28.5 Å². The van der Waals surface area contributed by atoms with Gasteiger partial charge < -0.3 is 18.9 Å². The third kappa shape index (κ3) is 9.07. The fraction of sp³-hybridized carbons (Fsp3) is 0.444. The molecule has 1 aromatic carbocycles. The molecule has 0 fully saturated rings. The van der Waals surface area contributed by atoms with E-state index in [2.05, 4.69) is 4.74 Å². The van der Waals surface area contributed by atoms with Crippen molar-refractivity contribution in [1.29, 1.82) is 0 Å². The van der Waals surface area contributed by atoms with Gasteiger partial charge in [0.05, 0.1) is 33.5 Å². The number of hydrogen-bond donors (Lipinski definition) is 0. The number of benzene rings is 1. The lowest BCUT2D eigenvalue weighted by Gasteiger charge is -2.04. The fourth-order valence-electron chi connectivity index (χ4n) is 1.77. The van der Waals surface area contributed by atoms with Crippen LogP contribution in [-0.4, -0.2) is 45.3 Å². The normalized spacial score (nSPS) is 10.8. The molecular formula is C18H24O6. The second kappa shape index (κ2) is 12.3. The summed E-state index contributed by atoms with van der Waals surface area (Å²) in [6, 6.07) is 7.66. The second-order valence-electron chi connectivity index (χ2n) is 4.87. The summed E-state index contributed by atoms with van der Waals surface area (Å²) in [7, 11) is 1.63. The van der Waals surface area contributed by atoms with E-state index in [1.165, 1.54) is 0 Å². The first kappa shape index (κ1) is 19.9. The summed E-state index contributed by atoms with van der Waals surface area (Å²) in [6.45, 7) is 3.11. The summed E-state index contributed by atoms with van der Waals surface area (Å²) in [5.41, 5.74) is 1.06. The van der Waals surface area contributed by atoms with Crippen LogP contribution < -0.4 is 4.74 Å². The zero-order valence-electron chi connectivity index (χ0n) is 14.2. The Labute approximate surface area is 142 Å².